The van der Waals surface area contributed by atoms with Crippen molar-refractivity contribution in [2.45, 2.75) is 26.3 Å². The van der Waals surface area contributed by atoms with Crippen LogP contribution in [0.2, 0.25) is 0 Å². The maximum atomic E-state index is 13.6. The number of para-hydroxylation sites is 1. The van der Waals surface area contributed by atoms with Gasteiger partial charge in [0.05, 0.1) is 31.6 Å². The Kier molecular flexibility index (Phi) is 6.67. The van der Waals surface area contributed by atoms with Crippen LogP contribution in [0.1, 0.15) is 35.5 Å². The molecule has 1 aliphatic rings. The number of H-pyrrole nitrogens is 1. The normalized spacial score (nSPS) is 15.2. The molecule has 176 valence electrons. The van der Waals surface area contributed by atoms with Crippen molar-refractivity contribution < 1.29 is 28.6 Å². The molecule has 2 heterocycles. The number of benzene rings is 2. The Morgan fingerprint density at radius 2 is 1.71 bits per heavy atom. The molecule has 1 aliphatic heterocycles. The number of aromatic nitrogens is 1. The topological polar surface area (TPSA) is 97.9 Å². The van der Waals surface area contributed by atoms with E-state index >= 15 is 0 Å². The summed E-state index contributed by atoms with van der Waals surface area (Å²) in [6, 6.07) is 13.2. The van der Waals surface area contributed by atoms with Gasteiger partial charge in [0.1, 0.15) is 11.8 Å². The largest absolute Gasteiger partial charge is 0.497 e. The number of nitrogens with zero attached hydrogens (tertiary/aromatic N) is 1. The Labute approximate surface area is 197 Å². The fourth-order valence-corrected chi connectivity index (χ4v) is 4.11. The lowest BCUT2D eigenvalue weighted by molar-refractivity contribution is -0.147. The summed E-state index contributed by atoms with van der Waals surface area (Å²) in [5.41, 5.74) is 2.60. The summed E-state index contributed by atoms with van der Waals surface area (Å²) in [6.07, 6.45) is 1.56. The Morgan fingerprint density at radius 3 is 2.38 bits per heavy atom. The van der Waals surface area contributed by atoms with E-state index in [0.29, 0.717) is 17.0 Å². The maximum Gasteiger partial charge on any atom is 0.341 e. The summed E-state index contributed by atoms with van der Waals surface area (Å²) in [7, 11) is 1.54. The second kappa shape index (κ2) is 9.82. The van der Waals surface area contributed by atoms with Crippen LogP contribution >= 0.6 is 0 Å². The molecule has 0 saturated carbocycles. The van der Waals surface area contributed by atoms with Gasteiger partial charge in [0.2, 0.25) is 0 Å². The number of carbonyl (C=O) groups is 3. The molecule has 34 heavy (non-hydrogen) atoms. The van der Waals surface area contributed by atoms with Crippen molar-refractivity contribution in [3.63, 3.8) is 0 Å². The third kappa shape index (κ3) is 4.26. The van der Waals surface area contributed by atoms with Crippen LogP contribution in [0.5, 0.6) is 5.75 Å². The zero-order chi connectivity index (χ0) is 24.2. The number of amides is 1. The molecule has 8 heteroatoms. The lowest BCUT2D eigenvalue weighted by Crippen LogP contribution is -2.43. The summed E-state index contributed by atoms with van der Waals surface area (Å²) in [6.45, 7) is 3.75. The molecular weight excluding hydrogens is 436 g/mol. The first-order valence-corrected chi connectivity index (χ1v) is 11.1. The van der Waals surface area contributed by atoms with Crippen LogP contribution in [-0.2, 0) is 25.5 Å². The molecule has 1 aromatic heterocycles. The van der Waals surface area contributed by atoms with E-state index in [1.54, 1.807) is 38.1 Å². The molecular formula is C26H26N2O6. The molecule has 3 aromatic rings. The minimum absolute atomic E-state index is 0.162. The summed E-state index contributed by atoms with van der Waals surface area (Å²) in [5.74, 6) is -0.996. The van der Waals surface area contributed by atoms with Crippen molar-refractivity contribution in [3.05, 3.63) is 71.6 Å². The minimum atomic E-state index is -0.973. The number of ether oxygens (including phenoxy) is 3. The zero-order valence-corrected chi connectivity index (χ0v) is 19.3. The van der Waals surface area contributed by atoms with E-state index in [0.717, 1.165) is 16.5 Å². The van der Waals surface area contributed by atoms with Gasteiger partial charge in [-0.2, -0.15) is 0 Å². The highest BCUT2D eigenvalue weighted by Gasteiger charge is 2.37. The van der Waals surface area contributed by atoms with Crippen molar-refractivity contribution in [2.75, 3.05) is 20.3 Å². The molecule has 4 rings (SSSR count). The molecule has 1 N–H and O–H groups in total. The second-order valence-electron chi connectivity index (χ2n) is 7.70. The van der Waals surface area contributed by atoms with Crippen LogP contribution < -0.4 is 4.74 Å². The number of rotatable bonds is 6. The van der Waals surface area contributed by atoms with Gasteiger partial charge in [-0.15, -0.1) is 0 Å². The van der Waals surface area contributed by atoms with Crippen molar-refractivity contribution in [1.82, 2.24) is 9.88 Å². The van der Waals surface area contributed by atoms with Crippen LogP contribution in [0, 0.1) is 0 Å². The van der Waals surface area contributed by atoms with E-state index in [2.05, 4.69) is 4.98 Å². The van der Waals surface area contributed by atoms with Gasteiger partial charge in [-0.05, 0) is 49.7 Å². The third-order valence-electron chi connectivity index (χ3n) is 5.71. The fourth-order valence-electron chi connectivity index (χ4n) is 4.11. The molecule has 1 atom stereocenters. The fraction of sp³-hybridized carbons (Fsp3) is 0.269. The third-order valence-corrected chi connectivity index (χ3v) is 5.71. The van der Waals surface area contributed by atoms with Gasteiger partial charge < -0.3 is 19.2 Å². The number of methoxy groups -OCH3 is 1. The minimum Gasteiger partial charge on any atom is -0.497 e. The summed E-state index contributed by atoms with van der Waals surface area (Å²) >= 11 is 0. The number of fused-ring (bicyclic) bond motifs is 3. The summed E-state index contributed by atoms with van der Waals surface area (Å²) in [5, 5.41) is 0.862. The van der Waals surface area contributed by atoms with Crippen molar-refractivity contribution in [3.8, 4) is 5.75 Å². The Balaban J connectivity index is 1.89. The van der Waals surface area contributed by atoms with E-state index in [4.69, 9.17) is 14.2 Å². The highest BCUT2D eigenvalue weighted by atomic mass is 16.5. The van der Waals surface area contributed by atoms with E-state index in [-0.39, 0.29) is 25.2 Å². The Bertz CT molecular complexity index is 1260. The summed E-state index contributed by atoms with van der Waals surface area (Å²) in [4.78, 5) is 44.2. The van der Waals surface area contributed by atoms with Crippen LogP contribution in [0.3, 0.4) is 0 Å². The van der Waals surface area contributed by atoms with Gasteiger partial charge in [-0.25, -0.2) is 9.59 Å². The van der Waals surface area contributed by atoms with Crippen molar-refractivity contribution in [1.29, 1.82) is 0 Å². The van der Waals surface area contributed by atoms with E-state index < -0.39 is 23.9 Å². The van der Waals surface area contributed by atoms with Crippen LogP contribution in [0.25, 0.3) is 16.5 Å². The second-order valence-corrected chi connectivity index (χ2v) is 7.70. The summed E-state index contributed by atoms with van der Waals surface area (Å²) < 4.78 is 15.8. The zero-order valence-electron chi connectivity index (χ0n) is 19.3. The van der Waals surface area contributed by atoms with Crippen LogP contribution in [0.4, 0.5) is 0 Å². The Hall–Kier alpha value is -4.07. The smallest absolute Gasteiger partial charge is 0.341 e. The molecule has 0 radical (unpaired) electrons. The standard InChI is InChI=1S/C26H26N2O6/c1-4-33-25(30)20-15-28(24(29)16-10-12-17(32-3)13-11-16)22(26(31)34-5-2)14-19-18-8-6-7-9-21(18)27-23(19)20/h6-13,15,22,27H,4-5,14H2,1-3H3. The highest BCUT2D eigenvalue weighted by molar-refractivity contribution is 6.18. The first kappa shape index (κ1) is 23.1. The van der Waals surface area contributed by atoms with Gasteiger partial charge in [0.25, 0.3) is 5.91 Å². The highest BCUT2D eigenvalue weighted by Crippen LogP contribution is 2.34. The molecule has 1 amide bonds. The molecule has 0 saturated heterocycles. The van der Waals surface area contributed by atoms with Crippen LogP contribution in [0.15, 0.2) is 54.7 Å². The molecule has 2 aromatic carbocycles. The number of carbonyl (C=O) groups excluding carboxylic acids is 3. The van der Waals surface area contributed by atoms with Gasteiger partial charge in [0.15, 0.2) is 0 Å². The monoisotopic (exact) mass is 462 g/mol. The predicted molar refractivity (Wildman–Crippen MR) is 126 cm³/mol. The first-order valence-electron chi connectivity index (χ1n) is 11.1. The van der Waals surface area contributed by atoms with Crippen molar-refractivity contribution in [2.24, 2.45) is 0 Å². The molecule has 0 spiro atoms. The van der Waals surface area contributed by atoms with E-state index in [1.165, 1.54) is 18.2 Å². The molecule has 8 nitrogen and oxygen atoms in total. The Morgan fingerprint density at radius 1 is 1.00 bits per heavy atom. The number of aromatic amines is 1. The predicted octanol–water partition coefficient (Wildman–Crippen LogP) is 3.71. The van der Waals surface area contributed by atoms with Gasteiger partial charge >= 0.3 is 11.9 Å². The number of nitrogens with one attached hydrogen (secondary N) is 1. The number of hydrogen-bond acceptors (Lipinski definition) is 6. The van der Waals surface area contributed by atoms with Crippen LogP contribution in [-0.4, -0.2) is 54.1 Å². The lowest BCUT2D eigenvalue weighted by Gasteiger charge is -2.26. The van der Waals surface area contributed by atoms with Gasteiger partial charge in [0, 0.05) is 29.1 Å². The van der Waals surface area contributed by atoms with Crippen molar-refractivity contribution >= 4 is 34.3 Å². The molecule has 0 aliphatic carbocycles. The average Bonchev–Trinajstić information content (AvgIpc) is 3.12. The molecule has 0 fully saturated rings. The van der Waals surface area contributed by atoms with E-state index in [1.807, 2.05) is 24.3 Å². The molecule has 1 unspecified atom stereocenters. The molecule has 0 bridgehead atoms. The van der Waals surface area contributed by atoms with Gasteiger partial charge in [-0.3, -0.25) is 9.69 Å². The SMILES string of the molecule is CCOC(=O)C1=CN(C(=O)c2ccc(OC)cc2)C(C(=O)OCC)Cc2c1[nH]c1ccccc21. The first-order chi connectivity index (χ1) is 16.5. The lowest BCUT2D eigenvalue weighted by atomic mass is 10.0. The van der Waals surface area contributed by atoms with E-state index in [9.17, 15) is 14.4 Å². The number of hydrogen-bond donors (Lipinski definition) is 1. The average molecular weight is 463 g/mol. The maximum absolute atomic E-state index is 13.6. The quantitative estimate of drug-likeness (QED) is 0.561. The number of esters is 2. The van der Waals surface area contributed by atoms with Gasteiger partial charge in [-0.1, -0.05) is 18.2 Å².